The van der Waals surface area contributed by atoms with Crippen molar-refractivity contribution in [2.45, 2.75) is 20.0 Å². The number of hydrogen-bond donors (Lipinski definition) is 0. The Morgan fingerprint density at radius 2 is 1.83 bits per heavy atom. The largest absolute Gasteiger partial charge is 0.458 e. The molecule has 1 aromatic carbocycles. The second kappa shape index (κ2) is 3.83. The van der Waals surface area contributed by atoms with Gasteiger partial charge in [0.05, 0.1) is 5.39 Å². The van der Waals surface area contributed by atoms with Crippen molar-refractivity contribution in [1.29, 1.82) is 0 Å². The van der Waals surface area contributed by atoms with E-state index in [9.17, 15) is 22.4 Å². The second-order valence-electron chi connectivity index (χ2n) is 3.95. The van der Waals surface area contributed by atoms with Crippen LogP contribution in [0.2, 0.25) is 0 Å². The van der Waals surface area contributed by atoms with Gasteiger partial charge in [-0.25, -0.2) is 4.39 Å². The van der Waals surface area contributed by atoms with Crippen LogP contribution >= 0.6 is 0 Å². The molecule has 18 heavy (non-hydrogen) atoms. The van der Waals surface area contributed by atoms with Gasteiger partial charge in [-0.2, -0.15) is 13.2 Å². The Morgan fingerprint density at radius 3 is 2.39 bits per heavy atom. The summed E-state index contributed by atoms with van der Waals surface area (Å²) in [6, 6.07) is 2.72. The molecule has 0 bridgehead atoms. The topological polar surface area (TPSA) is 30.2 Å². The molecule has 96 valence electrons. The number of ketones is 1. The van der Waals surface area contributed by atoms with E-state index < -0.39 is 23.5 Å². The predicted octanol–water partition coefficient (Wildman–Crippen LogP) is 3.93. The monoisotopic (exact) mass is 260 g/mol. The number of fused-ring (bicyclic) bond motifs is 1. The van der Waals surface area contributed by atoms with Gasteiger partial charge in [-0.15, -0.1) is 0 Å². The highest BCUT2D eigenvalue weighted by atomic mass is 19.4. The van der Waals surface area contributed by atoms with Gasteiger partial charge in [-0.05, 0) is 25.5 Å². The van der Waals surface area contributed by atoms with E-state index in [2.05, 4.69) is 0 Å². The number of furan rings is 1. The molecule has 1 heterocycles. The number of aryl methyl sites for hydroxylation is 2. The van der Waals surface area contributed by atoms with Gasteiger partial charge < -0.3 is 4.42 Å². The summed E-state index contributed by atoms with van der Waals surface area (Å²) >= 11 is 0. The van der Waals surface area contributed by atoms with Gasteiger partial charge in [0.1, 0.15) is 11.4 Å². The van der Waals surface area contributed by atoms with Gasteiger partial charge >= 0.3 is 12.0 Å². The molecule has 0 aliphatic rings. The van der Waals surface area contributed by atoms with E-state index in [1.165, 1.54) is 26.0 Å². The van der Waals surface area contributed by atoms with Gasteiger partial charge in [0.15, 0.2) is 5.76 Å². The van der Waals surface area contributed by atoms with Crippen LogP contribution in [-0.4, -0.2) is 12.0 Å². The van der Waals surface area contributed by atoms with Crippen molar-refractivity contribution in [3.63, 3.8) is 0 Å². The highest BCUT2D eigenvalue weighted by Crippen LogP contribution is 2.32. The van der Waals surface area contributed by atoms with E-state index in [1.807, 2.05) is 0 Å². The van der Waals surface area contributed by atoms with E-state index in [0.717, 1.165) is 0 Å². The Morgan fingerprint density at radius 1 is 1.22 bits per heavy atom. The highest BCUT2D eigenvalue weighted by Gasteiger charge is 2.43. The number of benzene rings is 1. The molecule has 0 fully saturated rings. The summed E-state index contributed by atoms with van der Waals surface area (Å²) in [5, 5.41) is -0.0809. The predicted molar refractivity (Wildman–Crippen MR) is 56.0 cm³/mol. The van der Waals surface area contributed by atoms with Crippen LogP contribution in [0.1, 0.15) is 21.7 Å². The van der Waals surface area contributed by atoms with Gasteiger partial charge in [0, 0.05) is 5.56 Å². The lowest BCUT2D eigenvalue weighted by molar-refractivity contribution is -0.0899. The van der Waals surface area contributed by atoms with Crippen LogP contribution in [0.25, 0.3) is 11.0 Å². The molecule has 1 aromatic heterocycles. The molecule has 2 aromatic rings. The minimum Gasteiger partial charge on any atom is -0.452 e. The Hall–Kier alpha value is -1.85. The Labute approximate surface area is 99.2 Å². The van der Waals surface area contributed by atoms with Crippen molar-refractivity contribution in [3.05, 3.63) is 34.8 Å². The number of hydrogen-bond acceptors (Lipinski definition) is 2. The van der Waals surface area contributed by atoms with Gasteiger partial charge in [0.2, 0.25) is 0 Å². The normalized spacial score (nSPS) is 12.1. The molecular weight excluding hydrogens is 252 g/mol. The third-order valence-corrected chi connectivity index (χ3v) is 2.69. The molecule has 0 unspecified atom stereocenters. The van der Waals surface area contributed by atoms with Crippen molar-refractivity contribution in [2.75, 3.05) is 0 Å². The Balaban J connectivity index is 2.73. The van der Waals surface area contributed by atoms with Crippen molar-refractivity contribution in [1.82, 2.24) is 0 Å². The smallest absolute Gasteiger partial charge is 0.452 e. The van der Waals surface area contributed by atoms with Crippen molar-refractivity contribution in [2.24, 2.45) is 0 Å². The molecule has 0 N–H and O–H groups in total. The van der Waals surface area contributed by atoms with E-state index in [1.54, 1.807) is 0 Å². The zero-order valence-electron chi connectivity index (χ0n) is 9.48. The van der Waals surface area contributed by atoms with Crippen LogP contribution in [0.4, 0.5) is 17.6 Å². The van der Waals surface area contributed by atoms with Crippen LogP contribution < -0.4 is 0 Å². The van der Waals surface area contributed by atoms with E-state index in [-0.39, 0.29) is 22.1 Å². The molecule has 2 rings (SSSR count). The number of alkyl halides is 3. The molecular formula is C12H8F4O2. The number of halogens is 4. The average Bonchev–Trinajstić information content (AvgIpc) is 2.59. The van der Waals surface area contributed by atoms with Crippen LogP contribution in [-0.2, 0) is 0 Å². The first-order valence-corrected chi connectivity index (χ1v) is 5.03. The number of rotatable bonds is 1. The number of Topliss-reactive ketones (excluding diaryl/α,β-unsaturated/α-hetero) is 1. The van der Waals surface area contributed by atoms with Gasteiger partial charge in [-0.1, -0.05) is 6.07 Å². The first kappa shape index (κ1) is 12.6. The molecule has 0 amide bonds. The fourth-order valence-corrected chi connectivity index (χ4v) is 1.74. The number of carbonyl (C=O) groups excluding carboxylic acids is 1. The van der Waals surface area contributed by atoms with Crippen molar-refractivity contribution < 1.29 is 26.8 Å². The fraction of sp³-hybridized carbons (Fsp3) is 0.250. The third-order valence-electron chi connectivity index (χ3n) is 2.69. The minimum atomic E-state index is -5.04. The summed E-state index contributed by atoms with van der Waals surface area (Å²) in [5.74, 6) is -3.63. The van der Waals surface area contributed by atoms with Crippen molar-refractivity contribution >= 4 is 16.8 Å². The first-order valence-electron chi connectivity index (χ1n) is 5.03. The zero-order valence-corrected chi connectivity index (χ0v) is 9.48. The maximum absolute atomic E-state index is 13.8. The maximum Gasteiger partial charge on any atom is 0.458 e. The maximum atomic E-state index is 13.8. The summed E-state index contributed by atoms with van der Waals surface area (Å²) < 4.78 is 55.6. The molecule has 2 nitrogen and oxygen atoms in total. The summed E-state index contributed by atoms with van der Waals surface area (Å²) in [5.41, 5.74) is 0.0779. The lowest BCUT2D eigenvalue weighted by Crippen LogP contribution is -2.22. The third kappa shape index (κ3) is 1.77. The standard InChI is InChI=1S/C12H8F4O2/c1-5-3-4-7-8(9(5)13)6(2)10(18-7)11(17)12(14,15)16/h3-4H,1-2H3. The van der Waals surface area contributed by atoms with Crippen LogP contribution in [0.5, 0.6) is 0 Å². The van der Waals surface area contributed by atoms with E-state index in [0.29, 0.717) is 0 Å². The SMILES string of the molecule is Cc1ccc2oc(C(=O)C(F)(F)F)c(C)c2c1F. The lowest BCUT2D eigenvalue weighted by atomic mass is 10.1. The summed E-state index contributed by atoms with van der Waals surface area (Å²) in [6.45, 7) is 2.71. The van der Waals surface area contributed by atoms with E-state index in [4.69, 9.17) is 4.42 Å². The van der Waals surface area contributed by atoms with Crippen molar-refractivity contribution in [3.8, 4) is 0 Å². The molecule has 0 atom stereocenters. The number of carbonyl (C=O) groups is 1. The molecule has 0 aliphatic carbocycles. The second-order valence-corrected chi connectivity index (χ2v) is 3.95. The molecule has 0 radical (unpaired) electrons. The summed E-state index contributed by atoms with van der Waals surface area (Å²) in [6.07, 6.45) is -5.04. The van der Waals surface area contributed by atoms with Crippen LogP contribution in [0.15, 0.2) is 16.5 Å². The first-order chi connectivity index (χ1) is 8.23. The zero-order chi connectivity index (χ0) is 13.7. The van der Waals surface area contributed by atoms with Gasteiger partial charge in [-0.3, -0.25) is 4.79 Å². The molecule has 0 spiro atoms. The Bertz CT molecular complexity index is 638. The molecule has 0 saturated carbocycles. The highest BCUT2D eigenvalue weighted by molar-refractivity contribution is 6.03. The Kier molecular flexibility index (Phi) is 2.68. The minimum absolute atomic E-state index is 0.0665. The van der Waals surface area contributed by atoms with Crippen LogP contribution in [0, 0.1) is 19.7 Å². The molecule has 0 aliphatic heterocycles. The van der Waals surface area contributed by atoms with Crippen LogP contribution in [0.3, 0.4) is 0 Å². The lowest BCUT2D eigenvalue weighted by Gasteiger charge is -2.02. The summed E-state index contributed by atoms with van der Waals surface area (Å²) in [7, 11) is 0. The molecule has 6 heteroatoms. The quantitative estimate of drug-likeness (QED) is 0.574. The van der Waals surface area contributed by atoms with E-state index >= 15 is 0 Å². The summed E-state index contributed by atoms with van der Waals surface area (Å²) in [4.78, 5) is 11.1. The molecule has 0 saturated heterocycles. The van der Waals surface area contributed by atoms with Gasteiger partial charge in [0.25, 0.3) is 0 Å². The average molecular weight is 260 g/mol. The fourth-order valence-electron chi connectivity index (χ4n) is 1.74.